The lowest BCUT2D eigenvalue weighted by atomic mass is 9.82. The summed E-state index contributed by atoms with van der Waals surface area (Å²) in [5, 5.41) is 8.83. The van der Waals surface area contributed by atoms with Crippen LogP contribution in [-0.4, -0.2) is 4.57 Å². The molecule has 1 N–H and O–H groups in total. The number of benzene rings is 9. The molecule has 0 aliphatic heterocycles. The van der Waals surface area contributed by atoms with Crippen molar-refractivity contribution < 1.29 is 0 Å². The van der Waals surface area contributed by atoms with Gasteiger partial charge in [0.25, 0.3) is 0 Å². The topological polar surface area (TPSA) is 17.0 Å². The van der Waals surface area contributed by atoms with Crippen molar-refractivity contribution in [3.8, 4) is 50.2 Å². The first kappa shape index (κ1) is 33.2. The lowest BCUT2D eigenvalue weighted by Crippen LogP contribution is -2.14. The Kier molecular flexibility index (Phi) is 7.55. The molecular weight excluding hydrogens is 689 g/mol. The minimum Gasteiger partial charge on any atom is -0.355 e. The molecule has 1 heterocycles. The Morgan fingerprint density at radius 1 is 0.421 bits per heavy atom. The van der Waals surface area contributed by atoms with Crippen LogP contribution >= 0.6 is 0 Å². The molecule has 10 aromatic rings. The van der Waals surface area contributed by atoms with Crippen molar-refractivity contribution in [3.05, 3.63) is 211 Å². The second-order valence-electron chi connectivity index (χ2n) is 15.8. The lowest BCUT2D eigenvalue weighted by molar-refractivity contribution is 0.661. The zero-order valence-corrected chi connectivity index (χ0v) is 32.0. The van der Waals surface area contributed by atoms with Crippen molar-refractivity contribution in [2.24, 2.45) is 0 Å². The van der Waals surface area contributed by atoms with Gasteiger partial charge >= 0.3 is 0 Å². The van der Waals surface area contributed by atoms with Gasteiger partial charge in [0.15, 0.2) is 0 Å². The normalized spacial score (nSPS) is 12.9. The summed E-state index contributed by atoms with van der Waals surface area (Å²) in [7, 11) is 0. The van der Waals surface area contributed by atoms with Crippen molar-refractivity contribution in [1.82, 2.24) is 4.57 Å². The van der Waals surface area contributed by atoms with E-state index in [1.807, 2.05) is 0 Å². The van der Waals surface area contributed by atoms with E-state index in [4.69, 9.17) is 0 Å². The highest BCUT2D eigenvalue weighted by Crippen LogP contribution is 2.53. The second-order valence-corrected chi connectivity index (χ2v) is 15.8. The fourth-order valence-electron chi connectivity index (χ4n) is 9.37. The Morgan fingerprint density at radius 2 is 1.05 bits per heavy atom. The first-order valence-corrected chi connectivity index (χ1v) is 19.8. The van der Waals surface area contributed by atoms with Crippen LogP contribution in [0.4, 0.5) is 11.4 Å². The Hall–Kier alpha value is -7.16. The fraction of sp³-hybridized carbons (Fsp3) is 0.0545. The average molecular weight is 729 g/mol. The molecule has 0 radical (unpaired) electrons. The Balaban J connectivity index is 1.10. The van der Waals surface area contributed by atoms with Gasteiger partial charge in [-0.2, -0.15) is 0 Å². The fourth-order valence-corrected chi connectivity index (χ4v) is 9.37. The predicted octanol–water partition coefficient (Wildman–Crippen LogP) is 15.0. The van der Waals surface area contributed by atoms with Gasteiger partial charge in [-0.25, -0.2) is 0 Å². The maximum absolute atomic E-state index is 3.76. The summed E-state index contributed by atoms with van der Waals surface area (Å²) in [6.07, 6.45) is 0. The molecule has 1 aromatic heterocycles. The molecule has 0 spiro atoms. The van der Waals surface area contributed by atoms with E-state index in [9.17, 15) is 0 Å². The molecule has 0 atom stereocenters. The van der Waals surface area contributed by atoms with Crippen LogP contribution in [0.3, 0.4) is 0 Å². The summed E-state index contributed by atoms with van der Waals surface area (Å²) < 4.78 is 2.50. The van der Waals surface area contributed by atoms with Gasteiger partial charge in [0.2, 0.25) is 0 Å². The molecule has 0 saturated carbocycles. The van der Waals surface area contributed by atoms with Gasteiger partial charge in [0, 0.05) is 38.5 Å². The van der Waals surface area contributed by atoms with Gasteiger partial charge < -0.3 is 9.88 Å². The van der Waals surface area contributed by atoms with Crippen molar-refractivity contribution in [3.63, 3.8) is 0 Å². The molecule has 0 bridgehead atoms. The highest BCUT2D eigenvalue weighted by atomic mass is 15.0. The molecular formula is C55H40N2. The van der Waals surface area contributed by atoms with E-state index in [0.717, 1.165) is 16.9 Å². The first-order valence-electron chi connectivity index (χ1n) is 19.8. The molecule has 2 heteroatoms. The van der Waals surface area contributed by atoms with E-state index in [-0.39, 0.29) is 5.41 Å². The van der Waals surface area contributed by atoms with E-state index in [2.05, 4.69) is 224 Å². The van der Waals surface area contributed by atoms with Crippen LogP contribution in [0.2, 0.25) is 0 Å². The third-order valence-corrected chi connectivity index (χ3v) is 12.2. The minimum atomic E-state index is -0.0964. The summed E-state index contributed by atoms with van der Waals surface area (Å²) >= 11 is 0. The molecule has 0 amide bonds. The van der Waals surface area contributed by atoms with Gasteiger partial charge in [-0.05, 0) is 104 Å². The van der Waals surface area contributed by atoms with Crippen LogP contribution in [0.1, 0.15) is 25.0 Å². The number of hydrogen-bond donors (Lipinski definition) is 1. The Morgan fingerprint density at radius 3 is 1.88 bits per heavy atom. The van der Waals surface area contributed by atoms with E-state index < -0.39 is 0 Å². The summed E-state index contributed by atoms with van der Waals surface area (Å²) in [5.41, 5.74) is 18.3. The van der Waals surface area contributed by atoms with Gasteiger partial charge in [-0.3, -0.25) is 0 Å². The van der Waals surface area contributed by atoms with E-state index >= 15 is 0 Å². The molecule has 2 nitrogen and oxygen atoms in total. The van der Waals surface area contributed by atoms with Gasteiger partial charge in [0.05, 0.1) is 16.7 Å². The number of nitrogens with zero attached hydrogens (tertiary/aromatic N) is 1. The van der Waals surface area contributed by atoms with Crippen LogP contribution in [0.25, 0.3) is 82.8 Å². The van der Waals surface area contributed by atoms with Crippen molar-refractivity contribution in [2.75, 3.05) is 5.32 Å². The maximum Gasteiger partial charge on any atom is 0.0547 e. The van der Waals surface area contributed by atoms with Crippen LogP contribution in [0, 0.1) is 0 Å². The zero-order valence-electron chi connectivity index (χ0n) is 32.0. The molecule has 0 saturated heterocycles. The lowest BCUT2D eigenvalue weighted by Gasteiger charge is -2.21. The van der Waals surface area contributed by atoms with Crippen molar-refractivity contribution in [1.29, 1.82) is 0 Å². The first-order chi connectivity index (χ1) is 28.0. The van der Waals surface area contributed by atoms with Gasteiger partial charge in [-0.1, -0.05) is 166 Å². The number of fused-ring (bicyclic) bond motifs is 8. The molecule has 9 aromatic carbocycles. The number of anilines is 2. The van der Waals surface area contributed by atoms with E-state index in [0.29, 0.717) is 0 Å². The highest BCUT2D eigenvalue weighted by Gasteiger charge is 2.37. The molecule has 0 unspecified atom stereocenters. The number of rotatable bonds is 6. The van der Waals surface area contributed by atoms with Gasteiger partial charge in [-0.15, -0.1) is 0 Å². The van der Waals surface area contributed by atoms with Gasteiger partial charge in [0.1, 0.15) is 0 Å². The average Bonchev–Trinajstić information content (AvgIpc) is 3.72. The molecule has 1 aliphatic carbocycles. The molecule has 57 heavy (non-hydrogen) atoms. The quantitative estimate of drug-likeness (QED) is 0.180. The standard InChI is InChI=1S/C55H40N2/c1-55(2)47-22-12-11-21-44(47)53-48(55)30-33-52-54(53)46-35-41(27-32-51(46)57(52)50-23-13-19-38-18-9-10-20-43(38)50)40-26-31-49(45(34-40)39-16-7-4-8-17-39)56-42-28-24-37(25-29-42)36-14-5-3-6-15-36/h3-35,56H,1-2H3. The van der Waals surface area contributed by atoms with Crippen molar-refractivity contribution >= 4 is 44.0 Å². The largest absolute Gasteiger partial charge is 0.355 e. The Bertz CT molecular complexity index is 3150. The number of aromatic nitrogens is 1. The highest BCUT2D eigenvalue weighted by molar-refractivity contribution is 6.19. The third kappa shape index (κ3) is 5.33. The monoisotopic (exact) mass is 728 g/mol. The summed E-state index contributed by atoms with van der Waals surface area (Å²) in [5.74, 6) is 0. The second kappa shape index (κ2) is 13.0. The molecule has 11 rings (SSSR count). The SMILES string of the molecule is CC1(C)c2ccccc2-c2c1ccc1c2c2cc(-c3ccc(Nc4ccc(-c5ccccc5)cc4)c(-c4ccccc4)c3)ccc2n1-c1cccc2ccccc12. The van der Waals surface area contributed by atoms with Crippen LogP contribution < -0.4 is 5.32 Å². The minimum absolute atomic E-state index is 0.0964. The number of nitrogens with one attached hydrogen (secondary N) is 1. The predicted molar refractivity (Wildman–Crippen MR) is 242 cm³/mol. The molecule has 270 valence electrons. The zero-order chi connectivity index (χ0) is 38.1. The third-order valence-electron chi connectivity index (χ3n) is 12.2. The van der Waals surface area contributed by atoms with Crippen LogP contribution in [0.5, 0.6) is 0 Å². The van der Waals surface area contributed by atoms with E-state index in [1.165, 1.54) is 88.3 Å². The summed E-state index contributed by atoms with van der Waals surface area (Å²) in [6, 6.07) is 73.1. The molecule has 1 aliphatic rings. The van der Waals surface area contributed by atoms with Crippen LogP contribution in [-0.2, 0) is 5.41 Å². The smallest absolute Gasteiger partial charge is 0.0547 e. The van der Waals surface area contributed by atoms with Crippen molar-refractivity contribution in [2.45, 2.75) is 19.3 Å². The van der Waals surface area contributed by atoms with E-state index in [1.54, 1.807) is 0 Å². The summed E-state index contributed by atoms with van der Waals surface area (Å²) in [4.78, 5) is 0. The Labute approximate surface area is 333 Å². The summed E-state index contributed by atoms with van der Waals surface area (Å²) in [6.45, 7) is 4.74. The van der Waals surface area contributed by atoms with Crippen LogP contribution in [0.15, 0.2) is 200 Å². The number of hydrogen-bond acceptors (Lipinski definition) is 1. The maximum atomic E-state index is 3.76. The molecule has 0 fully saturated rings.